The smallest absolute Gasteiger partial charge is 0.243 e. The second-order valence-electron chi connectivity index (χ2n) is 4.83. The quantitative estimate of drug-likeness (QED) is 0.808. The van der Waals surface area contributed by atoms with E-state index in [2.05, 4.69) is 12.2 Å². The van der Waals surface area contributed by atoms with Crippen molar-refractivity contribution in [1.29, 1.82) is 0 Å². The van der Waals surface area contributed by atoms with Gasteiger partial charge in [-0.05, 0) is 30.7 Å². The zero-order chi connectivity index (χ0) is 14.4. The van der Waals surface area contributed by atoms with Gasteiger partial charge in [0, 0.05) is 26.2 Å². The van der Waals surface area contributed by atoms with Crippen LogP contribution in [0.15, 0.2) is 29.2 Å². The summed E-state index contributed by atoms with van der Waals surface area (Å²) < 4.78 is 31.9. The molecule has 1 fully saturated rings. The van der Waals surface area contributed by atoms with Gasteiger partial charge < -0.3 is 10.1 Å². The normalized spacial score (nSPS) is 17.1. The molecule has 5 nitrogen and oxygen atoms in total. The Morgan fingerprint density at radius 3 is 2.45 bits per heavy atom. The fourth-order valence-electron chi connectivity index (χ4n) is 2.08. The largest absolute Gasteiger partial charge is 0.494 e. The van der Waals surface area contributed by atoms with Crippen molar-refractivity contribution in [1.82, 2.24) is 9.62 Å². The molecule has 0 saturated carbocycles. The molecule has 0 unspecified atom stereocenters. The number of hydrogen-bond donors (Lipinski definition) is 1. The molecule has 6 heteroatoms. The molecule has 0 aliphatic carbocycles. The van der Waals surface area contributed by atoms with Gasteiger partial charge in [0.1, 0.15) is 5.75 Å². The summed E-state index contributed by atoms with van der Waals surface area (Å²) in [4.78, 5) is 0.335. The highest BCUT2D eigenvalue weighted by Crippen LogP contribution is 2.20. The van der Waals surface area contributed by atoms with Crippen molar-refractivity contribution in [3.63, 3.8) is 0 Å². The van der Waals surface area contributed by atoms with Gasteiger partial charge in [0.25, 0.3) is 0 Å². The summed E-state index contributed by atoms with van der Waals surface area (Å²) in [5.41, 5.74) is 0. The average Bonchev–Trinajstić information content (AvgIpc) is 2.49. The highest BCUT2D eigenvalue weighted by molar-refractivity contribution is 7.89. The molecule has 1 aliphatic heterocycles. The molecule has 1 heterocycles. The summed E-state index contributed by atoms with van der Waals surface area (Å²) in [5, 5.41) is 3.15. The SMILES string of the molecule is CCCCOc1ccc(S(=O)(=O)N2CCNCC2)cc1. The van der Waals surface area contributed by atoms with Gasteiger partial charge in [0.05, 0.1) is 11.5 Å². The first kappa shape index (κ1) is 15.3. The zero-order valence-corrected chi connectivity index (χ0v) is 12.7. The number of hydrogen-bond acceptors (Lipinski definition) is 4. The number of piperazine rings is 1. The van der Waals surface area contributed by atoms with Crippen LogP contribution in [0.25, 0.3) is 0 Å². The van der Waals surface area contributed by atoms with Crippen LogP contribution in [0.3, 0.4) is 0 Å². The molecule has 112 valence electrons. The van der Waals surface area contributed by atoms with Crippen molar-refractivity contribution in [3.05, 3.63) is 24.3 Å². The van der Waals surface area contributed by atoms with Gasteiger partial charge in [-0.2, -0.15) is 4.31 Å². The first-order valence-corrected chi connectivity index (χ1v) is 8.52. The van der Waals surface area contributed by atoms with E-state index in [1.54, 1.807) is 24.3 Å². The van der Waals surface area contributed by atoms with Crippen molar-refractivity contribution in [2.75, 3.05) is 32.8 Å². The molecule has 1 N–H and O–H groups in total. The molecular formula is C14H22N2O3S. The van der Waals surface area contributed by atoms with Crippen molar-refractivity contribution in [2.45, 2.75) is 24.7 Å². The van der Waals surface area contributed by atoms with Gasteiger partial charge in [-0.1, -0.05) is 13.3 Å². The Morgan fingerprint density at radius 2 is 1.85 bits per heavy atom. The van der Waals surface area contributed by atoms with Crippen molar-refractivity contribution in [3.8, 4) is 5.75 Å². The Labute approximate surface area is 121 Å². The summed E-state index contributed by atoms with van der Waals surface area (Å²) in [6.45, 7) is 5.23. The lowest BCUT2D eigenvalue weighted by Gasteiger charge is -2.26. The lowest BCUT2D eigenvalue weighted by Crippen LogP contribution is -2.46. The molecule has 0 radical (unpaired) electrons. The predicted molar refractivity (Wildman–Crippen MR) is 78.5 cm³/mol. The van der Waals surface area contributed by atoms with E-state index in [-0.39, 0.29) is 0 Å². The minimum atomic E-state index is -3.37. The van der Waals surface area contributed by atoms with Gasteiger partial charge >= 0.3 is 0 Å². The molecule has 1 aromatic carbocycles. The Bertz CT molecular complexity index is 508. The van der Waals surface area contributed by atoms with E-state index in [1.165, 1.54) is 4.31 Å². The molecule has 0 spiro atoms. The van der Waals surface area contributed by atoms with Gasteiger partial charge in [0.15, 0.2) is 0 Å². The van der Waals surface area contributed by atoms with Crippen LogP contribution in [-0.4, -0.2) is 45.5 Å². The van der Waals surface area contributed by atoms with E-state index < -0.39 is 10.0 Å². The molecule has 1 aromatic rings. The van der Waals surface area contributed by atoms with Gasteiger partial charge in [-0.25, -0.2) is 8.42 Å². The van der Waals surface area contributed by atoms with Crippen LogP contribution in [0.1, 0.15) is 19.8 Å². The lowest BCUT2D eigenvalue weighted by atomic mass is 10.3. The number of nitrogens with one attached hydrogen (secondary N) is 1. The number of ether oxygens (including phenoxy) is 1. The van der Waals surface area contributed by atoms with Crippen molar-refractivity contribution in [2.24, 2.45) is 0 Å². The fraction of sp³-hybridized carbons (Fsp3) is 0.571. The maximum atomic E-state index is 12.4. The monoisotopic (exact) mass is 298 g/mol. The second kappa shape index (κ2) is 7.06. The predicted octanol–water partition coefficient (Wildman–Crippen LogP) is 1.46. The Hall–Kier alpha value is -1.11. The molecule has 0 aromatic heterocycles. The van der Waals surface area contributed by atoms with Crippen molar-refractivity contribution < 1.29 is 13.2 Å². The number of unbranched alkanes of at least 4 members (excludes halogenated alkanes) is 1. The van der Waals surface area contributed by atoms with Crippen LogP contribution >= 0.6 is 0 Å². The maximum absolute atomic E-state index is 12.4. The van der Waals surface area contributed by atoms with E-state index in [4.69, 9.17) is 4.74 Å². The molecule has 1 saturated heterocycles. The number of sulfonamides is 1. The number of nitrogens with zero attached hydrogens (tertiary/aromatic N) is 1. The fourth-order valence-corrected chi connectivity index (χ4v) is 3.52. The minimum Gasteiger partial charge on any atom is -0.494 e. The average molecular weight is 298 g/mol. The summed E-state index contributed by atoms with van der Waals surface area (Å²) in [7, 11) is -3.37. The van der Waals surface area contributed by atoms with Crippen molar-refractivity contribution >= 4 is 10.0 Å². The third-order valence-corrected chi connectivity index (χ3v) is 5.22. The van der Waals surface area contributed by atoms with Crippen LogP contribution in [0.5, 0.6) is 5.75 Å². The van der Waals surface area contributed by atoms with Gasteiger partial charge in [-0.15, -0.1) is 0 Å². The van der Waals surface area contributed by atoms with Crippen LogP contribution in [0.4, 0.5) is 0 Å². The third-order valence-electron chi connectivity index (χ3n) is 3.30. The van der Waals surface area contributed by atoms with E-state index in [9.17, 15) is 8.42 Å². The first-order valence-electron chi connectivity index (χ1n) is 7.08. The maximum Gasteiger partial charge on any atom is 0.243 e. The van der Waals surface area contributed by atoms with Gasteiger partial charge in [0.2, 0.25) is 10.0 Å². The molecular weight excluding hydrogens is 276 g/mol. The molecule has 0 bridgehead atoms. The summed E-state index contributed by atoms with van der Waals surface area (Å²) >= 11 is 0. The molecule has 0 amide bonds. The zero-order valence-electron chi connectivity index (χ0n) is 11.8. The summed E-state index contributed by atoms with van der Waals surface area (Å²) in [6, 6.07) is 6.70. The summed E-state index contributed by atoms with van der Waals surface area (Å²) in [5.74, 6) is 0.720. The minimum absolute atomic E-state index is 0.335. The van der Waals surface area contributed by atoms with E-state index in [0.717, 1.165) is 18.6 Å². The number of rotatable bonds is 6. The van der Waals surface area contributed by atoms with Crippen LogP contribution in [0, 0.1) is 0 Å². The number of benzene rings is 1. The van der Waals surface area contributed by atoms with E-state index >= 15 is 0 Å². The second-order valence-corrected chi connectivity index (χ2v) is 6.77. The standard InChI is InChI=1S/C14H22N2O3S/c1-2-3-12-19-13-4-6-14(7-5-13)20(17,18)16-10-8-15-9-11-16/h4-7,15H,2-3,8-12H2,1H3. The highest BCUT2D eigenvalue weighted by atomic mass is 32.2. The summed E-state index contributed by atoms with van der Waals surface area (Å²) in [6.07, 6.45) is 2.08. The topological polar surface area (TPSA) is 58.6 Å². The van der Waals surface area contributed by atoms with Crippen LogP contribution < -0.4 is 10.1 Å². The first-order chi connectivity index (χ1) is 9.64. The Balaban J connectivity index is 2.04. The van der Waals surface area contributed by atoms with Gasteiger partial charge in [-0.3, -0.25) is 0 Å². The van der Waals surface area contributed by atoms with Crippen LogP contribution in [-0.2, 0) is 10.0 Å². The Kier molecular flexibility index (Phi) is 5.39. The molecule has 20 heavy (non-hydrogen) atoms. The van der Waals surface area contributed by atoms with Crippen LogP contribution in [0.2, 0.25) is 0 Å². The Morgan fingerprint density at radius 1 is 1.20 bits per heavy atom. The molecule has 1 aliphatic rings. The van der Waals surface area contributed by atoms with E-state index in [0.29, 0.717) is 37.7 Å². The lowest BCUT2D eigenvalue weighted by molar-refractivity contribution is 0.309. The van der Waals surface area contributed by atoms with E-state index in [1.807, 2.05) is 0 Å². The molecule has 0 atom stereocenters. The highest BCUT2D eigenvalue weighted by Gasteiger charge is 2.25. The molecule has 2 rings (SSSR count). The third kappa shape index (κ3) is 3.71.